The Bertz CT molecular complexity index is 846. The van der Waals surface area contributed by atoms with Gasteiger partial charge < -0.3 is 4.90 Å². The van der Waals surface area contributed by atoms with E-state index in [1.165, 1.54) is 4.68 Å². The number of pyridine rings is 1. The molecule has 3 rings (SSSR count). The van der Waals surface area contributed by atoms with E-state index in [1.807, 2.05) is 17.9 Å². The van der Waals surface area contributed by atoms with E-state index in [1.54, 1.807) is 23.9 Å². The summed E-state index contributed by atoms with van der Waals surface area (Å²) in [6.07, 6.45) is 6.32. The highest BCUT2D eigenvalue weighted by Crippen LogP contribution is 2.22. The molecule has 0 radical (unpaired) electrons. The number of aromatic nitrogens is 4. The summed E-state index contributed by atoms with van der Waals surface area (Å²) in [6.45, 7) is 6.22. The van der Waals surface area contributed by atoms with Gasteiger partial charge in [0.25, 0.3) is 5.91 Å². The van der Waals surface area contributed by atoms with Crippen molar-refractivity contribution in [2.24, 2.45) is 13.0 Å². The third-order valence-electron chi connectivity index (χ3n) is 5.34. The molecule has 0 N–H and O–H groups in total. The molecule has 146 valence electrons. The number of nitrogens with zero attached hydrogens (tertiary/aromatic N) is 5. The molecule has 0 bridgehead atoms. The topological polar surface area (TPSA) is 73.0 Å². The first-order valence-corrected chi connectivity index (χ1v) is 9.90. The molecule has 0 unspecified atom stereocenters. The molecule has 1 fully saturated rings. The Morgan fingerprint density at radius 3 is 2.67 bits per heavy atom. The van der Waals surface area contributed by atoms with Crippen LogP contribution >= 0.6 is 0 Å². The summed E-state index contributed by atoms with van der Waals surface area (Å²) in [6, 6.07) is 3.73. The zero-order valence-electron chi connectivity index (χ0n) is 16.5. The normalized spacial score (nSPS) is 15.3. The largest absolute Gasteiger partial charge is 0.345 e. The van der Waals surface area contributed by atoms with Crippen molar-refractivity contribution in [1.29, 1.82) is 0 Å². The maximum absolute atomic E-state index is 12.8. The molecule has 3 heterocycles. The van der Waals surface area contributed by atoms with Crippen LogP contribution in [0.25, 0.3) is 0 Å². The van der Waals surface area contributed by atoms with Crippen LogP contribution in [0.1, 0.15) is 55.0 Å². The van der Waals surface area contributed by atoms with Crippen molar-refractivity contribution in [2.45, 2.75) is 52.5 Å². The highest BCUT2D eigenvalue weighted by atomic mass is 16.2. The van der Waals surface area contributed by atoms with E-state index in [9.17, 15) is 9.59 Å². The first kappa shape index (κ1) is 19.3. The molecule has 1 saturated heterocycles. The Hall–Kier alpha value is -2.44. The lowest BCUT2D eigenvalue weighted by atomic mass is 9.93. The van der Waals surface area contributed by atoms with Crippen LogP contribution in [0.15, 0.2) is 23.1 Å². The van der Waals surface area contributed by atoms with E-state index in [0.717, 1.165) is 62.3 Å². The number of carbonyl (C=O) groups excluding carboxylic acids is 1. The minimum Gasteiger partial charge on any atom is -0.339 e. The van der Waals surface area contributed by atoms with E-state index in [0.29, 0.717) is 12.5 Å². The number of hydrogen-bond donors (Lipinski definition) is 0. The van der Waals surface area contributed by atoms with Crippen LogP contribution in [0, 0.1) is 5.92 Å². The Morgan fingerprint density at radius 1 is 1.26 bits per heavy atom. The number of aryl methyl sites for hydroxylation is 2. The van der Waals surface area contributed by atoms with Crippen LogP contribution in [0.5, 0.6) is 0 Å². The van der Waals surface area contributed by atoms with E-state index >= 15 is 0 Å². The van der Waals surface area contributed by atoms with Crippen LogP contribution in [-0.2, 0) is 26.4 Å². The Labute approximate surface area is 160 Å². The number of carbonyl (C=O) groups is 1. The van der Waals surface area contributed by atoms with Gasteiger partial charge in [0.2, 0.25) is 0 Å². The first-order valence-electron chi connectivity index (χ1n) is 9.90. The average molecular weight is 371 g/mol. The number of amides is 1. The van der Waals surface area contributed by atoms with Crippen LogP contribution in [0.3, 0.4) is 0 Å². The van der Waals surface area contributed by atoms with Gasteiger partial charge in [-0.2, -0.15) is 5.10 Å². The summed E-state index contributed by atoms with van der Waals surface area (Å²) in [7, 11) is 1.70. The quantitative estimate of drug-likeness (QED) is 0.779. The molecule has 7 heteroatoms. The number of hydrogen-bond acceptors (Lipinski definition) is 4. The van der Waals surface area contributed by atoms with Gasteiger partial charge in [0.15, 0.2) is 0 Å². The molecule has 0 spiro atoms. The predicted octanol–water partition coefficient (Wildman–Crippen LogP) is 2.04. The van der Waals surface area contributed by atoms with Crippen molar-refractivity contribution >= 4 is 5.91 Å². The molecule has 27 heavy (non-hydrogen) atoms. The third-order valence-corrected chi connectivity index (χ3v) is 5.34. The smallest absolute Gasteiger partial charge is 0.339 e. The second-order valence-electron chi connectivity index (χ2n) is 7.29. The minimum absolute atomic E-state index is 0.0549. The van der Waals surface area contributed by atoms with Gasteiger partial charge in [0.05, 0.1) is 0 Å². The van der Waals surface area contributed by atoms with Gasteiger partial charge in [-0.3, -0.25) is 14.3 Å². The molecule has 0 atom stereocenters. The highest BCUT2D eigenvalue weighted by molar-refractivity contribution is 5.94. The second-order valence-corrected chi connectivity index (χ2v) is 7.29. The fraction of sp³-hybridized carbons (Fsp3) is 0.600. The summed E-state index contributed by atoms with van der Waals surface area (Å²) >= 11 is 0. The van der Waals surface area contributed by atoms with Gasteiger partial charge in [0, 0.05) is 50.6 Å². The van der Waals surface area contributed by atoms with E-state index in [-0.39, 0.29) is 11.6 Å². The number of piperidine rings is 1. The molecular weight excluding hydrogens is 342 g/mol. The second kappa shape index (κ2) is 8.50. The number of likely N-dealkylation sites (tertiary alicyclic amines) is 1. The number of rotatable bonds is 6. The molecule has 2 aromatic heterocycles. The lowest BCUT2D eigenvalue weighted by Crippen LogP contribution is -2.39. The zero-order chi connectivity index (χ0) is 19.4. The molecule has 0 aromatic carbocycles. The SMILES string of the molecule is CCCc1cc(C(=O)N2CCC(Cc3nn(C)c(=O)n3CC)CC2)ccn1. The van der Waals surface area contributed by atoms with E-state index in [2.05, 4.69) is 17.0 Å². The predicted molar refractivity (Wildman–Crippen MR) is 104 cm³/mol. The Morgan fingerprint density at radius 2 is 2.00 bits per heavy atom. The standard InChI is InChI=1S/C20H29N5O2/c1-4-6-17-14-16(7-10-21-17)19(26)24-11-8-15(9-12-24)13-18-22-23(3)20(27)25(18)5-2/h7,10,14-15H,4-6,8-9,11-13H2,1-3H3. The average Bonchev–Trinajstić information content (AvgIpc) is 2.95. The lowest BCUT2D eigenvalue weighted by molar-refractivity contribution is 0.0689. The van der Waals surface area contributed by atoms with Crippen molar-refractivity contribution in [3.63, 3.8) is 0 Å². The molecule has 1 aliphatic heterocycles. The summed E-state index contributed by atoms with van der Waals surface area (Å²) in [4.78, 5) is 31.1. The van der Waals surface area contributed by atoms with E-state index in [4.69, 9.17) is 0 Å². The van der Waals surface area contributed by atoms with Crippen LogP contribution < -0.4 is 5.69 Å². The van der Waals surface area contributed by atoms with Crippen LogP contribution in [0.4, 0.5) is 0 Å². The van der Waals surface area contributed by atoms with Crippen molar-refractivity contribution in [3.05, 3.63) is 45.9 Å². The van der Waals surface area contributed by atoms with Gasteiger partial charge in [0.1, 0.15) is 5.82 Å². The minimum atomic E-state index is -0.0549. The van der Waals surface area contributed by atoms with Gasteiger partial charge in [-0.15, -0.1) is 0 Å². The van der Waals surface area contributed by atoms with Gasteiger partial charge in [-0.05, 0) is 44.2 Å². The molecule has 1 aliphatic rings. The molecule has 0 saturated carbocycles. The Kier molecular flexibility index (Phi) is 6.08. The van der Waals surface area contributed by atoms with Crippen LogP contribution in [0.2, 0.25) is 0 Å². The van der Waals surface area contributed by atoms with E-state index < -0.39 is 0 Å². The van der Waals surface area contributed by atoms with Gasteiger partial charge in [-0.25, -0.2) is 9.48 Å². The van der Waals surface area contributed by atoms with Crippen LogP contribution in [-0.4, -0.2) is 43.2 Å². The maximum atomic E-state index is 12.8. The summed E-state index contributed by atoms with van der Waals surface area (Å²) < 4.78 is 3.15. The summed E-state index contributed by atoms with van der Waals surface area (Å²) in [5.41, 5.74) is 1.66. The van der Waals surface area contributed by atoms with Crippen molar-refractivity contribution < 1.29 is 4.79 Å². The van der Waals surface area contributed by atoms with Crippen molar-refractivity contribution in [2.75, 3.05) is 13.1 Å². The maximum Gasteiger partial charge on any atom is 0.345 e. The first-order chi connectivity index (χ1) is 13.0. The lowest BCUT2D eigenvalue weighted by Gasteiger charge is -2.32. The van der Waals surface area contributed by atoms with Crippen molar-refractivity contribution in [1.82, 2.24) is 24.2 Å². The highest BCUT2D eigenvalue weighted by Gasteiger charge is 2.25. The molecular formula is C20H29N5O2. The fourth-order valence-corrected chi connectivity index (χ4v) is 3.81. The zero-order valence-corrected chi connectivity index (χ0v) is 16.5. The third kappa shape index (κ3) is 4.28. The van der Waals surface area contributed by atoms with Crippen molar-refractivity contribution in [3.8, 4) is 0 Å². The monoisotopic (exact) mass is 371 g/mol. The summed E-state index contributed by atoms with van der Waals surface area (Å²) in [5.74, 6) is 1.40. The molecule has 0 aliphatic carbocycles. The molecule has 7 nitrogen and oxygen atoms in total. The molecule has 1 amide bonds. The molecule has 2 aromatic rings. The Balaban J connectivity index is 1.60. The van der Waals surface area contributed by atoms with Gasteiger partial charge in [-0.1, -0.05) is 13.3 Å². The fourth-order valence-electron chi connectivity index (χ4n) is 3.81. The van der Waals surface area contributed by atoms with Gasteiger partial charge >= 0.3 is 5.69 Å². The summed E-state index contributed by atoms with van der Waals surface area (Å²) in [5, 5.41) is 4.38.